The molecule has 0 aliphatic heterocycles. The Bertz CT molecular complexity index is 171. The second-order valence-corrected chi connectivity index (χ2v) is 5.87. The van der Waals surface area contributed by atoms with Gasteiger partial charge in [-0.15, -0.1) is 0 Å². The molecule has 2 nitrogen and oxygen atoms in total. The zero-order valence-electron chi connectivity index (χ0n) is 14.0. The fourth-order valence-corrected chi connectivity index (χ4v) is 2.44. The molecule has 121 valence electrons. The van der Waals surface area contributed by atoms with Gasteiger partial charge in [0, 0.05) is 19.8 Å². The summed E-state index contributed by atoms with van der Waals surface area (Å²) in [6.45, 7) is 7.28. The van der Waals surface area contributed by atoms with Gasteiger partial charge in [0.25, 0.3) is 0 Å². The standard InChI is InChI=1S/C18H37O2/c1-4-6-14-18(5-2)17-20-16-13-11-9-7-8-10-12-15-19-3/h18H,3-17H2,1-2H3. The summed E-state index contributed by atoms with van der Waals surface area (Å²) in [6.07, 6.45) is 14.3. The molecule has 1 atom stereocenters. The molecule has 1 radical (unpaired) electrons. The van der Waals surface area contributed by atoms with Crippen LogP contribution in [0.3, 0.4) is 0 Å². The Morgan fingerprint density at radius 1 is 0.800 bits per heavy atom. The molecule has 0 rings (SSSR count). The molecule has 0 aliphatic carbocycles. The van der Waals surface area contributed by atoms with Crippen molar-refractivity contribution in [2.24, 2.45) is 5.92 Å². The lowest BCUT2D eigenvalue weighted by Crippen LogP contribution is -2.09. The minimum atomic E-state index is 0.783. The van der Waals surface area contributed by atoms with E-state index in [9.17, 15) is 0 Å². The Kier molecular flexibility index (Phi) is 16.9. The van der Waals surface area contributed by atoms with Crippen LogP contribution in [0.25, 0.3) is 0 Å². The Morgan fingerprint density at radius 3 is 1.95 bits per heavy atom. The third-order valence-electron chi connectivity index (χ3n) is 3.97. The molecular weight excluding hydrogens is 248 g/mol. The Labute approximate surface area is 127 Å². The lowest BCUT2D eigenvalue weighted by molar-refractivity contribution is 0.0908. The highest BCUT2D eigenvalue weighted by Crippen LogP contribution is 2.13. The monoisotopic (exact) mass is 285 g/mol. The zero-order chi connectivity index (χ0) is 14.9. The van der Waals surface area contributed by atoms with Crippen LogP contribution in [0.1, 0.15) is 84.5 Å². The first kappa shape index (κ1) is 19.9. The molecule has 0 spiro atoms. The van der Waals surface area contributed by atoms with E-state index < -0.39 is 0 Å². The Balaban J connectivity index is 3.15. The highest BCUT2D eigenvalue weighted by Gasteiger charge is 2.05. The van der Waals surface area contributed by atoms with Crippen LogP contribution in [-0.2, 0) is 9.47 Å². The molecule has 0 amide bonds. The molecule has 0 fully saturated rings. The van der Waals surface area contributed by atoms with Crippen LogP contribution in [0.2, 0.25) is 0 Å². The van der Waals surface area contributed by atoms with Gasteiger partial charge < -0.3 is 9.47 Å². The van der Waals surface area contributed by atoms with Gasteiger partial charge in [-0.25, -0.2) is 0 Å². The van der Waals surface area contributed by atoms with Gasteiger partial charge in [-0.3, -0.25) is 0 Å². The van der Waals surface area contributed by atoms with Crippen LogP contribution in [0.4, 0.5) is 0 Å². The number of unbranched alkanes of at least 4 members (excludes halogenated alkanes) is 7. The van der Waals surface area contributed by atoms with Crippen molar-refractivity contribution in [2.45, 2.75) is 84.5 Å². The van der Waals surface area contributed by atoms with Crippen LogP contribution in [0, 0.1) is 13.0 Å². The molecule has 0 saturated carbocycles. The van der Waals surface area contributed by atoms with Gasteiger partial charge in [-0.1, -0.05) is 65.2 Å². The maximum absolute atomic E-state index is 5.82. The third-order valence-corrected chi connectivity index (χ3v) is 3.97. The van der Waals surface area contributed by atoms with Crippen molar-refractivity contribution in [1.82, 2.24) is 0 Å². The average molecular weight is 285 g/mol. The molecule has 20 heavy (non-hydrogen) atoms. The van der Waals surface area contributed by atoms with Crippen molar-refractivity contribution < 1.29 is 9.47 Å². The SMILES string of the molecule is [CH2]OCCCCCCCCCOCC(CC)CCCC. The second-order valence-electron chi connectivity index (χ2n) is 5.87. The summed E-state index contributed by atoms with van der Waals surface area (Å²) in [7, 11) is 3.38. The van der Waals surface area contributed by atoms with E-state index in [1.807, 2.05) is 0 Å². The highest BCUT2D eigenvalue weighted by atomic mass is 16.5. The molecule has 0 saturated heterocycles. The largest absolute Gasteiger partial charge is 0.381 e. The molecule has 1 unspecified atom stereocenters. The lowest BCUT2D eigenvalue weighted by atomic mass is 10.0. The molecule has 0 aromatic heterocycles. The quantitative estimate of drug-likeness (QED) is 0.336. The van der Waals surface area contributed by atoms with Gasteiger partial charge in [0.2, 0.25) is 0 Å². The molecule has 0 heterocycles. The normalized spacial score (nSPS) is 12.8. The number of hydrogen-bond donors (Lipinski definition) is 0. The van der Waals surface area contributed by atoms with E-state index in [4.69, 9.17) is 9.47 Å². The van der Waals surface area contributed by atoms with Crippen LogP contribution in [0.5, 0.6) is 0 Å². The molecule has 0 aromatic rings. The van der Waals surface area contributed by atoms with Gasteiger partial charge in [-0.05, 0) is 25.2 Å². The summed E-state index contributed by atoms with van der Waals surface area (Å²) in [5.74, 6) is 0.783. The summed E-state index contributed by atoms with van der Waals surface area (Å²) in [4.78, 5) is 0. The predicted molar refractivity (Wildman–Crippen MR) is 87.8 cm³/mol. The molecule has 0 N–H and O–H groups in total. The summed E-state index contributed by atoms with van der Waals surface area (Å²) < 4.78 is 10.6. The van der Waals surface area contributed by atoms with Gasteiger partial charge in [-0.2, -0.15) is 0 Å². The fourth-order valence-electron chi connectivity index (χ4n) is 2.44. The minimum absolute atomic E-state index is 0.783. The first-order valence-corrected chi connectivity index (χ1v) is 8.79. The van der Waals surface area contributed by atoms with E-state index in [-0.39, 0.29) is 0 Å². The summed E-state index contributed by atoms with van der Waals surface area (Å²) >= 11 is 0. The molecule has 0 bridgehead atoms. The number of rotatable bonds is 16. The highest BCUT2D eigenvalue weighted by molar-refractivity contribution is 4.56. The van der Waals surface area contributed by atoms with Crippen LogP contribution in [0.15, 0.2) is 0 Å². The molecular formula is C18H37O2. The van der Waals surface area contributed by atoms with Gasteiger partial charge in [0.05, 0.1) is 7.11 Å². The Hall–Kier alpha value is -0.0800. The van der Waals surface area contributed by atoms with Crippen LogP contribution < -0.4 is 0 Å². The van der Waals surface area contributed by atoms with E-state index in [0.717, 1.165) is 32.2 Å². The predicted octanol–water partition coefficient (Wildman–Crippen LogP) is 5.76. The van der Waals surface area contributed by atoms with Crippen LogP contribution in [-0.4, -0.2) is 19.8 Å². The smallest absolute Gasteiger partial charge is 0.0700 e. The second kappa shape index (κ2) is 17.0. The lowest BCUT2D eigenvalue weighted by Gasteiger charge is -2.14. The minimum Gasteiger partial charge on any atom is -0.381 e. The number of ether oxygens (including phenoxy) is 2. The average Bonchev–Trinajstić information content (AvgIpc) is 2.48. The maximum Gasteiger partial charge on any atom is 0.0700 e. The van der Waals surface area contributed by atoms with E-state index >= 15 is 0 Å². The van der Waals surface area contributed by atoms with Gasteiger partial charge >= 0.3 is 0 Å². The third kappa shape index (κ3) is 14.3. The van der Waals surface area contributed by atoms with Gasteiger partial charge in [0.15, 0.2) is 0 Å². The van der Waals surface area contributed by atoms with E-state index in [2.05, 4.69) is 21.0 Å². The van der Waals surface area contributed by atoms with Crippen molar-refractivity contribution in [2.75, 3.05) is 19.8 Å². The van der Waals surface area contributed by atoms with Crippen molar-refractivity contribution in [3.63, 3.8) is 0 Å². The first-order chi connectivity index (χ1) is 9.85. The summed E-state index contributed by atoms with van der Waals surface area (Å²) in [5, 5.41) is 0. The molecule has 2 heteroatoms. The van der Waals surface area contributed by atoms with Gasteiger partial charge in [0.1, 0.15) is 0 Å². The summed E-state index contributed by atoms with van der Waals surface area (Å²) in [5.41, 5.74) is 0. The topological polar surface area (TPSA) is 18.5 Å². The van der Waals surface area contributed by atoms with Crippen LogP contribution >= 0.6 is 0 Å². The number of hydrogen-bond acceptors (Lipinski definition) is 2. The van der Waals surface area contributed by atoms with E-state index in [0.29, 0.717) is 0 Å². The van der Waals surface area contributed by atoms with E-state index in [1.54, 1.807) is 0 Å². The van der Waals surface area contributed by atoms with Crippen molar-refractivity contribution in [3.8, 4) is 0 Å². The molecule has 0 aromatic carbocycles. The maximum atomic E-state index is 5.82. The van der Waals surface area contributed by atoms with Crippen molar-refractivity contribution >= 4 is 0 Å². The van der Waals surface area contributed by atoms with E-state index in [1.165, 1.54) is 64.2 Å². The Morgan fingerprint density at radius 2 is 1.40 bits per heavy atom. The summed E-state index contributed by atoms with van der Waals surface area (Å²) in [6, 6.07) is 0. The first-order valence-electron chi connectivity index (χ1n) is 8.79. The van der Waals surface area contributed by atoms with Crippen molar-refractivity contribution in [1.29, 1.82) is 0 Å². The fraction of sp³-hybridized carbons (Fsp3) is 0.944. The van der Waals surface area contributed by atoms with Crippen molar-refractivity contribution in [3.05, 3.63) is 7.11 Å². The zero-order valence-corrected chi connectivity index (χ0v) is 14.0. The molecule has 0 aliphatic rings.